The number of carbonyl (C=O) groups excluding carboxylic acids is 2. The maximum atomic E-state index is 12.8. The largest absolute Gasteiger partial charge is 0.490 e. The van der Waals surface area contributed by atoms with Crippen LogP contribution in [0.3, 0.4) is 0 Å². The number of nitrogens with zero attached hydrogens (tertiary/aromatic N) is 3. The van der Waals surface area contributed by atoms with Gasteiger partial charge in [-0.25, -0.2) is 4.98 Å². The predicted octanol–water partition coefficient (Wildman–Crippen LogP) is 1.78. The summed E-state index contributed by atoms with van der Waals surface area (Å²) in [7, 11) is 0. The Bertz CT molecular complexity index is 791. The van der Waals surface area contributed by atoms with Crippen LogP contribution in [0.4, 0.5) is 0 Å². The number of ether oxygens (including phenoxy) is 1. The summed E-state index contributed by atoms with van der Waals surface area (Å²) in [5, 5.41) is 3.09. The highest BCUT2D eigenvalue weighted by atomic mass is 16.5. The second-order valence-corrected chi connectivity index (χ2v) is 6.30. The van der Waals surface area contributed by atoms with Gasteiger partial charge >= 0.3 is 0 Å². The van der Waals surface area contributed by atoms with Crippen LogP contribution in [0.5, 0.6) is 5.75 Å². The lowest BCUT2D eigenvalue weighted by Gasteiger charge is -2.31. The van der Waals surface area contributed by atoms with E-state index in [9.17, 15) is 9.59 Å². The second kappa shape index (κ2) is 7.13. The van der Waals surface area contributed by atoms with Gasteiger partial charge in [-0.3, -0.25) is 14.0 Å². The molecule has 0 bridgehead atoms. The number of pyridine rings is 1. The minimum absolute atomic E-state index is 0.0723. The summed E-state index contributed by atoms with van der Waals surface area (Å²) in [6.07, 6.45) is 3.36. The monoisotopic (exact) mass is 344 g/mol. The van der Waals surface area contributed by atoms with Crippen molar-refractivity contribution in [1.29, 1.82) is 0 Å². The first-order chi connectivity index (χ1) is 12.0. The number of imidazole rings is 1. The van der Waals surface area contributed by atoms with Crippen LogP contribution in [0, 0.1) is 6.92 Å². The standard InChI is InChI=1S/C18H24N4O3/c1-4-25-15-6-5-9-22-16(12(2)19-17(15)22)18(24)20-14-7-10-21(11-8-14)13(3)23/h5-6,9,14H,4,7-8,10-11H2,1-3H3,(H,20,24). The molecular weight excluding hydrogens is 320 g/mol. The molecule has 0 unspecified atom stereocenters. The van der Waals surface area contributed by atoms with E-state index < -0.39 is 0 Å². The smallest absolute Gasteiger partial charge is 0.270 e. The molecule has 0 atom stereocenters. The average molecular weight is 344 g/mol. The SMILES string of the molecule is CCOc1cccn2c(C(=O)NC3CCN(C(C)=O)CC3)c(C)nc12. The molecule has 1 aliphatic heterocycles. The van der Waals surface area contributed by atoms with E-state index in [0.717, 1.165) is 12.8 Å². The van der Waals surface area contributed by atoms with E-state index in [1.807, 2.05) is 37.1 Å². The van der Waals surface area contributed by atoms with Crippen molar-refractivity contribution >= 4 is 17.5 Å². The maximum absolute atomic E-state index is 12.8. The van der Waals surface area contributed by atoms with Crippen LogP contribution < -0.4 is 10.1 Å². The van der Waals surface area contributed by atoms with Crippen molar-refractivity contribution in [2.24, 2.45) is 0 Å². The highest BCUT2D eigenvalue weighted by molar-refractivity contribution is 5.95. The molecule has 3 rings (SSSR count). The lowest BCUT2D eigenvalue weighted by Crippen LogP contribution is -2.46. The van der Waals surface area contributed by atoms with Crippen molar-refractivity contribution in [3.05, 3.63) is 29.7 Å². The summed E-state index contributed by atoms with van der Waals surface area (Å²) in [5.74, 6) is 0.618. The van der Waals surface area contributed by atoms with Crippen molar-refractivity contribution in [3.8, 4) is 5.75 Å². The number of piperidine rings is 1. The summed E-state index contributed by atoms with van der Waals surface area (Å²) >= 11 is 0. The van der Waals surface area contributed by atoms with Gasteiger partial charge in [-0.1, -0.05) is 0 Å². The minimum Gasteiger partial charge on any atom is -0.490 e. The Morgan fingerprint density at radius 2 is 2.08 bits per heavy atom. The van der Waals surface area contributed by atoms with Crippen molar-refractivity contribution in [1.82, 2.24) is 19.6 Å². The van der Waals surface area contributed by atoms with E-state index >= 15 is 0 Å². The van der Waals surface area contributed by atoms with Gasteiger partial charge in [-0.2, -0.15) is 0 Å². The molecule has 7 nitrogen and oxygen atoms in total. The molecule has 1 aliphatic rings. The first kappa shape index (κ1) is 17.3. The van der Waals surface area contributed by atoms with Crippen molar-refractivity contribution in [2.75, 3.05) is 19.7 Å². The molecule has 25 heavy (non-hydrogen) atoms. The molecule has 0 saturated carbocycles. The quantitative estimate of drug-likeness (QED) is 0.917. The van der Waals surface area contributed by atoms with Gasteiger partial charge in [0, 0.05) is 32.3 Å². The molecule has 7 heteroatoms. The molecule has 0 aliphatic carbocycles. The predicted molar refractivity (Wildman–Crippen MR) is 93.8 cm³/mol. The first-order valence-corrected chi connectivity index (χ1v) is 8.68. The molecule has 2 amide bonds. The van der Waals surface area contributed by atoms with Gasteiger partial charge in [0.2, 0.25) is 5.91 Å². The van der Waals surface area contributed by atoms with Crippen LogP contribution in [-0.4, -0.2) is 51.8 Å². The van der Waals surface area contributed by atoms with Gasteiger partial charge in [0.15, 0.2) is 11.4 Å². The molecule has 1 N–H and O–H groups in total. The Hall–Kier alpha value is -2.57. The third kappa shape index (κ3) is 3.45. The molecule has 0 spiro atoms. The number of hydrogen-bond acceptors (Lipinski definition) is 4. The molecule has 1 fully saturated rings. The van der Waals surface area contributed by atoms with Gasteiger partial charge < -0.3 is 15.0 Å². The van der Waals surface area contributed by atoms with E-state index in [0.29, 0.717) is 42.5 Å². The average Bonchev–Trinajstić information content (AvgIpc) is 2.92. The summed E-state index contributed by atoms with van der Waals surface area (Å²) in [6.45, 7) is 7.23. The molecule has 1 saturated heterocycles. The highest BCUT2D eigenvalue weighted by Gasteiger charge is 2.25. The van der Waals surface area contributed by atoms with Crippen LogP contribution >= 0.6 is 0 Å². The summed E-state index contributed by atoms with van der Waals surface area (Å²) in [5.41, 5.74) is 1.86. The van der Waals surface area contributed by atoms with Crippen LogP contribution in [0.15, 0.2) is 18.3 Å². The molecule has 0 radical (unpaired) electrons. The third-order valence-electron chi connectivity index (χ3n) is 4.58. The Kier molecular flexibility index (Phi) is 4.92. The second-order valence-electron chi connectivity index (χ2n) is 6.30. The van der Waals surface area contributed by atoms with Gasteiger partial charge in [0.25, 0.3) is 5.91 Å². The van der Waals surface area contributed by atoms with E-state index in [2.05, 4.69) is 10.3 Å². The van der Waals surface area contributed by atoms with E-state index in [-0.39, 0.29) is 17.9 Å². The normalized spacial score (nSPS) is 15.4. The molecule has 0 aromatic carbocycles. The fraction of sp³-hybridized carbons (Fsp3) is 0.500. The number of nitrogens with one attached hydrogen (secondary N) is 1. The third-order valence-corrected chi connectivity index (χ3v) is 4.58. The molecule has 2 aromatic heterocycles. The Morgan fingerprint density at radius 1 is 1.36 bits per heavy atom. The Labute approximate surface area is 147 Å². The van der Waals surface area contributed by atoms with Gasteiger partial charge in [0.1, 0.15) is 5.69 Å². The number of likely N-dealkylation sites (tertiary alicyclic amines) is 1. The molecule has 134 valence electrons. The van der Waals surface area contributed by atoms with Crippen molar-refractivity contribution in [3.63, 3.8) is 0 Å². The topological polar surface area (TPSA) is 75.9 Å². The Balaban J connectivity index is 1.78. The molecular formula is C18H24N4O3. The highest BCUT2D eigenvalue weighted by Crippen LogP contribution is 2.22. The van der Waals surface area contributed by atoms with Crippen LogP contribution in [0.1, 0.15) is 42.9 Å². The number of aromatic nitrogens is 2. The van der Waals surface area contributed by atoms with Crippen LogP contribution in [-0.2, 0) is 4.79 Å². The number of fused-ring (bicyclic) bond motifs is 1. The zero-order valence-corrected chi connectivity index (χ0v) is 14.9. The van der Waals surface area contributed by atoms with Gasteiger partial charge in [0.05, 0.1) is 12.3 Å². The molecule has 2 aromatic rings. The lowest BCUT2D eigenvalue weighted by atomic mass is 10.0. The number of amides is 2. The fourth-order valence-electron chi connectivity index (χ4n) is 3.29. The number of carbonyl (C=O) groups is 2. The zero-order valence-electron chi connectivity index (χ0n) is 14.9. The fourth-order valence-corrected chi connectivity index (χ4v) is 3.29. The van der Waals surface area contributed by atoms with Gasteiger partial charge in [-0.05, 0) is 38.8 Å². The maximum Gasteiger partial charge on any atom is 0.270 e. The minimum atomic E-state index is -0.139. The summed E-state index contributed by atoms with van der Waals surface area (Å²) in [6, 6.07) is 3.77. The van der Waals surface area contributed by atoms with Crippen molar-refractivity contribution < 1.29 is 14.3 Å². The van der Waals surface area contributed by atoms with Crippen molar-refractivity contribution in [2.45, 2.75) is 39.7 Å². The number of hydrogen-bond donors (Lipinski definition) is 1. The number of rotatable bonds is 4. The molecule has 3 heterocycles. The number of aryl methyl sites for hydroxylation is 1. The first-order valence-electron chi connectivity index (χ1n) is 8.68. The zero-order chi connectivity index (χ0) is 18.0. The van der Waals surface area contributed by atoms with Crippen LogP contribution in [0.2, 0.25) is 0 Å². The van der Waals surface area contributed by atoms with E-state index in [1.54, 1.807) is 11.3 Å². The summed E-state index contributed by atoms with van der Waals surface area (Å²) < 4.78 is 7.38. The summed E-state index contributed by atoms with van der Waals surface area (Å²) in [4.78, 5) is 30.5. The van der Waals surface area contributed by atoms with E-state index in [1.165, 1.54) is 0 Å². The van der Waals surface area contributed by atoms with Crippen LogP contribution in [0.25, 0.3) is 5.65 Å². The van der Waals surface area contributed by atoms with E-state index in [4.69, 9.17) is 4.74 Å². The van der Waals surface area contributed by atoms with Gasteiger partial charge in [-0.15, -0.1) is 0 Å². The lowest BCUT2D eigenvalue weighted by molar-refractivity contribution is -0.129. The Morgan fingerprint density at radius 3 is 2.72 bits per heavy atom.